The highest BCUT2D eigenvalue weighted by molar-refractivity contribution is 6.03. The van der Waals surface area contributed by atoms with Gasteiger partial charge in [-0.05, 0) is 58.4 Å². The molecule has 248 valence electrons. The minimum absolute atomic E-state index is 0.0190. The summed E-state index contributed by atoms with van der Waals surface area (Å²) in [5.41, 5.74) is 0.488. The molecule has 6 heterocycles. The number of hydrogen-bond acceptors (Lipinski definition) is 10. The molecular weight excluding hydrogens is 607 g/mol. The highest BCUT2D eigenvalue weighted by Gasteiger charge is 2.40. The maximum Gasteiger partial charge on any atom is 0.323 e. The number of pyridine rings is 1. The van der Waals surface area contributed by atoms with Crippen molar-refractivity contribution in [2.45, 2.75) is 57.9 Å². The molecule has 2 unspecified atom stereocenters. The predicted octanol–water partition coefficient (Wildman–Crippen LogP) is 4.16. The lowest BCUT2D eigenvalue weighted by atomic mass is 10.0. The molecule has 4 aliphatic heterocycles. The molecule has 2 aromatic heterocycles. The van der Waals surface area contributed by atoms with Gasteiger partial charge in [0, 0.05) is 25.2 Å². The van der Waals surface area contributed by atoms with Crippen LogP contribution in [0, 0.1) is 5.82 Å². The first-order valence-corrected chi connectivity index (χ1v) is 16.1. The van der Waals surface area contributed by atoms with E-state index < -0.39 is 17.4 Å². The van der Waals surface area contributed by atoms with Gasteiger partial charge in [0.15, 0.2) is 0 Å². The second-order valence-corrected chi connectivity index (χ2v) is 13.0. The molecule has 0 spiro atoms. The molecule has 3 aromatic rings. The van der Waals surface area contributed by atoms with Gasteiger partial charge in [-0.2, -0.15) is 4.98 Å². The molecule has 2 bridgehead atoms. The van der Waals surface area contributed by atoms with E-state index in [1.54, 1.807) is 23.2 Å². The van der Waals surface area contributed by atoms with Crippen LogP contribution in [-0.2, 0) is 9.47 Å². The third-order valence-corrected chi connectivity index (χ3v) is 9.01. The summed E-state index contributed by atoms with van der Waals surface area (Å²) in [7, 11) is 0. The Morgan fingerprint density at radius 3 is 2.66 bits per heavy atom. The van der Waals surface area contributed by atoms with Crippen LogP contribution in [0.2, 0.25) is 0 Å². The number of fused-ring (bicyclic) bond motifs is 3. The summed E-state index contributed by atoms with van der Waals surface area (Å²) in [4.78, 5) is 46.6. The average molecular weight is 647 g/mol. The molecular formula is C33H39FN8O5. The number of hydrogen-bond donors (Lipinski definition) is 2. The van der Waals surface area contributed by atoms with Gasteiger partial charge in [-0.25, -0.2) is 19.2 Å². The molecule has 0 aliphatic carbocycles. The highest BCUT2D eigenvalue weighted by atomic mass is 19.1. The fourth-order valence-corrected chi connectivity index (χ4v) is 6.65. The number of halogens is 1. The third-order valence-electron chi connectivity index (χ3n) is 9.01. The van der Waals surface area contributed by atoms with Crippen molar-refractivity contribution in [1.29, 1.82) is 0 Å². The molecule has 4 aliphatic rings. The Labute approximate surface area is 272 Å². The van der Waals surface area contributed by atoms with Gasteiger partial charge >= 0.3 is 6.03 Å². The minimum atomic E-state index is -0.721. The number of morpholine rings is 2. The van der Waals surface area contributed by atoms with Crippen molar-refractivity contribution in [1.82, 2.24) is 19.9 Å². The number of nitrogens with one attached hydrogen (secondary N) is 2. The van der Waals surface area contributed by atoms with Crippen LogP contribution in [0.3, 0.4) is 0 Å². The Morgan fingerprint density at radius 1 is 1.13 bits per heavy atom. The maximum atomic E-state index is 15.7. The Bertz CT molecular complexity index is 1690. The molecule has 1 aromatic carbocycles. The Morgan fingerprint density at radius 2 is 1.98 bits per heavy atom. The molecule has 3 atom stereocenters. The zero-order valence-electron chi connectivity index (χ0n) is 27.0. The van der Waals surface area contributed by atoms with Crippen molar-refractivity contribution in [3.8, 4) is 17.1 Å². The summed E-state index contributed by atoms with van der Waals surface area (Å²) in [5.74, 6) is 0.367. The summed E-state index contributed by atoms with van der Waals surface area (Å²) in [6.45, 7) is 11.6. The number of aromatic nitrogens is 3. The SMILES string of the molecule is CCN1CC(C)(C)Oc2nc(N3CCOC[C@@H]3C)nc(-c3ccc(NC(=O)Nc4ccc(N5CC6CC5CO6)nc4)c(F)c3)c2C1=O. The summed E-state index contributed by atoms with van der Waals surface area (Å²) in [6.07, 6.45) is 2.83. The fourth-order valence-electron chi connectivity index (χ4n) is 6.65. The lowest BCUT2D eigenvalue weighted by Gasteiger charge is -2.34. The molecule has 47 heavy (non-hydrogen) atoms. The van der Waals surface area contributed by atoms with E-state index in [0.29, 0.717) is 62.7 Å². The van der Waals surface area contributed by atoms with Gasteiger partial charge < -0.3 is 39.5 Å². The largest absolute Gasteiger partial charge is 0.469 e. The van der Waals surface area contributed by atoms with Crippen LogP contribution in [-0.4, -0.2) is 102 Å². The van der Waals surface area contributed by atoms with Crippen LogP contribution < -0.4 is 25.2 Å². The van der Waals surface area contributed by atoms with Crippen molar-refractivity contribution in [2.75, 3.05) is 66.4 Å². The third kappa shape index (κ3) is 6.14. The van der Waals surface area contributed by atoms with Gasteiger partial charge in [0.2, 0.25) is 11.8 Å². The molecule has 3 amide bonds. The number of likely N-dealkylation sites (N-methyl/N-ethyl adjacent to an activating group) is 1. The Balaban J connectivity index is 1.14. The molecule has 0 radical (unpaired) electrons. The van der Waals surface area contributed by atoms with E-state index in [2.05, 4.69) is 20.5 Å². The second-order valence-electron chi connectivity index (χ2n) is 13.0. The standard InChI is InChI=1S/C33H39FN8O5/c1-5-40-18-33(3,4)47-29-27(30(40)43)28(38-31(39-29)41-10-11-45-16-19(41)2)20-6-8-25(24(34)12-20)37-32(44)36-21-7-9-26(35-14-21)42-15-23-13-22(42)17-46-23/h6-9,12,14,19,22-23H,5,10-11,13,15-18H2,1-4H3,(H2,36,37,44)/t19-,22?,23?/m0/s1. The molecule has 13 nitrogen and oxygen atoms in total. The molecule has 7 rings (SSSR count). The zero-order valence-corrected chi connectivity index (χ0v) is 27.0. The lowest BCUT2D eigenvalue weighted by Crippen LogP contribution is -2.44. The van der Waals surface area contributed by atoms with Gasteiger partial charge in [-0.15, -0.1) is 0 Å². The topological polar surface area (TPSA) is 134 Å². The second kappa shape index (κ2) is 12.2. The quantitative estimate of drug-likeness (QED) is 0.402. The number of carbonyl (C=O) groups excluding carboxylic acids is 2. The van der Waals surface area contributed by atoms with E-state index in [9.17, 15) is 9.59 Å². The van der Waals surface area contributed by atoms with Crippen molar-refractivity contribution < 1.29 is 28.2 Å². The van der Waals surface area contributed by atoms with Crippen molar-refractivity contribution in [3.05, 3.63) is 47.9 Å². The van der Waals surface area contributed by atoms with E-state index in [1.807, 2.05) is 38.7 Å². The van der Waals surface area contributed by atoms with Crippen LogP contribution in [0.25, 0.3) is 11.3 Å². The number of nitrogens with zero attached hydrogens (tertiary/aromatic N) is 6. The summed E-state index contributed by atoms with van der Waals surface area (Å²) >= 11 is 0. The van der Waals surface area contributed by atoms with Crippen LogP contribution >= 0.6 is 0 Å². The molecule has 2 N–H and O–H groups in total. The van der Waals surface area contributed by atoms with Crippen LogP contribution in [0.1, 0.15) is 44.5 Å². The first-order valence-electron chi connectivity index (χ1n) is 16.1. The van der Waals surface area contributed by atoms with E-state index in [0.717, 1.165) is 18.8 Å². The molecule has 14 heteroatoms. The maximum absolute atomic E-state index is 15.7. The van der Waals surface area contributed by atoms with E-state index in [-0.39, 0.29) is 40.9 Å². The van der Waals surface area contributed by atoms with Crippen LogP contribution in [0.15, 0.2) is 36.5 Å². The summed E-state index contributed by atoms with van der Waals surface area (Å²) in [5, 5.41) is 5.28. The van der Waals surface area contributed by atoms with Crippen molar-refractivity contribution >= 4 is 35.1 Å². The van der Waals surface area contributed by atoms with Crippen molar-refractivity contribution in [2.24, 2.45) is 0 Å². The number of benzene rings is 1. The normalized spacial score (nSPS) is 23.3. The summed E-state index contributed by atoms with van der Waals surface area (Å²) < 4.78 is 33.3. The number of anilines is 4. The van der Waals surface area contributed by atoms with Gasteiger partial charge in [-0.3, -0.25) is 4.79 Å². The van der Waals surface area contributed by atoms with Crippen LogP contribution in [0.4, 0.5) is 32.3 Å². The summed E-state index contributed by atoms with van der Waals surface area (Å²) in [6, 6.07) is 7.64. The van der Waals surface area contributed by atoms with E-state index >= 15 is 4.39 Å². The molecule has 3 saturated heterocycles. The van der Waals surface area contributed by atoms with Gasteiger partial charge in [0.1, 0.15) is 22.8 Å². The monoisotopic (exact) mass is 646 g/mol. The Hall–Kier alpha value is -4.56. The fraction of sp³-hybridized carbons (Fsp3) is 0.485. The number of rotatable bonds is 6. The van der Waals surface area contributed by atoms with Crippen LogP contribution in [0.5, 0.6) is 5.88 Å². The Kier molecular flexibility index (Phi) is 8.08. The zero-order chi connectivity index (χ0) is 32.9. The predicted molar refractivity (Wildman–Crippen MR) is 174 cm³/mol. The van der Waals surface area contributed by atoms with Gasteiger partial charge in [0.25, 0.3) is 5.91 Å². The molecule has 0 saturated carbocycles. The lowest BCUT2D eigenvalue weighted by molar-refractivity contribution is 0.0541. The van der Waals surface area contributed by atoms with E-state index in [1.165, 1.54) is 12.1 Å². The molecule has 3 fully saturated rings. The van der Waals surface area contributed by atoms with Gasteiger partial charge in [0.05, 0.1) is 67.8 Å². The number of urea groups is 1. The van der Waals surface area contributed by atoms with Crippen molar-refractivity contribution in [3.63, 3.8) is 0 Å². The minimum Gasteiger partial charge on any atom is -0.469 e. The van der Waals surface area contributed by atoms with Gasteiger partial charge in [-0.1, -0.05) is 6.07 Å². The smallest absolute Gasteiger partial charge is 0.323 e. The highest BCUT2D eigenvalue weighted by Crippen LogP contribution is 2.37. The average Bonchev–Trinajstić information content (AvgIpc) is 3.66. The number of amides is 3. The first-order chi connectivity index (χ1) is 22.6. The first kappa shape index (κ1) is 31.1. The van der Waals surface area contributed by atoms with E-state index in [4.69, 9.17) is 24.2 Å². The number of carbonyl (C=O) groups is 2. The number of ether oxygens (including phenoxy) is 3.